The Kier molecular flexibility index (Phi) is 11.3. The van der Waals surface area contributed by atoms with Crippen molar-refractivity contribution in [2.75, 3.05) is 13.7 Å². The number of nitro benzene ring substituents is 1. The van der Waals surface area contributed by atoms with E-state index < -0.39 is 99.9 Å². The zero-order chi connectivity index (χ0) is 38.7. The van der Waals surface area contributed by atoms with Crippen molar-refractivity contribution in [2.24, 2.45) is 5.92 Å². The zero-order valence-electron chi connectivity index (χ0n) is 28.7. The molecule has 2 aliphatic rings. The molecule has 0 aliphatic carbocycles. The molecule has 4 rings (SSSR count). The highest BCUT2D eigenvalue weighted by molar-refractivity contribution is 5.88. The normalized spacial score (nSPS) is 24.3. The second-order valence-corrected chi connectivity index (χ2v) is 12.0. The highest BCUT2D eigenvalue weighted by Crippen LogP contribution is 2.64. The molecule has 0 amide bonds. The number of carbonyl (C=O) groups is 6. The summed E-state index contributed by atoms with van der Waals surface area (Å²) in [5.74, 6) is -8.09. The van der Waals surface area contributed by atoms with Crippen LogP contribution in [0.25, 0.3) is 0 Å². The number of fused-ring (bicyclic) bond motifs is 2. The summed E-state index contributed by atoms with van der Waals surface area (Å²) in [5.41, 5.74) is -4.96. The molecule has 2 aromatic carbocycles. The van der Waals surface area contributed by atoms with Crippen molar-refractivity contribution in [1.29, 1.82) is 0 Å². The van der Waals surface area contributed by atoms with Gasteiger partial charge in [-0.05, 0) is 24.7 Å². The number of benzene rings is 2. The fourth-order valence-corrected chi connectivity index (χ4v) is 7.10. The van der Waals surface area contributed by atoms with Gasteiger partial charge in [0.2, 0.25) is 11.3 Å². The summed E-state index contributed by atoms with van der Waals surface area (Å²) in [4.78, 5) is 101. The molecule has 19 heteroatoms. The minimum atomic E-state index is -2.31. The molecule has 0 aromatic heterocycles. The Balaban J connectivity index is 2.12. The average molecular weight is 730 g/mol. The summed E-state index contributed by atoms with van der Waals surface area (Å²) in [6.45, 7) is 3.98. The van der Waals surface area contributed by atoms with E-state index in [1.165, 1.54) is 48.3 Å². The van der Waals surface area contributed by atoms with Gasteiger partial charge in [-0.15, -0.1) is 0 Å². The molecule has 2 aliphatic heterocycles. The molecular weight excluding hydrogens is 694 g/mol. The highest BCUT2D eigenvalue weighted by atomic mass is 16.7. The zero-order valence-corrected chi connectivity index (χ0v) is 28.7. The van der Waals surface area contributed by atoms with Crippen molar-refractivity contribution >= 4 is 41.5 Å². The van der Waals surface area contributed by atoms with Gasteiger partial charge in [0.15, 0.2) is 24.4 Å². The van der Waals surface area contributed by atoms with Crippen LogP contribution in [0.3, 0.4) is 0 Å². The van der Waals surface area contributed by atoms with Crippen LogP contribution in [0.5, 0.6) is 0 Å². The van der Waals surface area contributed by atoms with Crippen LogP contribution in [0.2, 0.25) is 0 Å². The largest absolute Gasteiger partial charge is 0.462 e. The maximum atomic E-state index is 14.2. The molecule has 0 radical (unpaired) electrons. The minimum absolute atomic E-state index is 0.0553. The van der Waals surface area contributed by atoms with Gasteiger partial charge in [0.1, 0.15) is 12.5 Å². The maximum absolute atomic E-state index is 14.2. The highest BCUT2D eigenvalue weighted by Gasteiger charge is 2.85. The van der Waals surface area contributed by atoms with E-state index in [1.54, 1.807) is 6.07 Å². The molecule has 278 valence electrons. The first-order valence-corrected chi connectivity index (χ1v) is 15.6. The lowest BCUT2D eigenvalue weighted by Crippen LogP contribution is -2.63. The van der Waals surface area contributed by atoms with Gasteiger partial charge in [-0.1, -0.05) is 30.3 Å². The summed E-state index contributed by atoms with van der Waals surface area (Å²) < 4.78 is 33.4. The molecule has 52 heavy (non-hydrogen) atoms. The third-order valence-electron chi connectivity index (χ3n) is 8.78. The van der Waals surface area contributed by atoms with Crippen LogP contribution in [0.1, 0.15) is 45.7 Å². The number of nitrogens with zero attached hydrogens (tertiary/aromatic N) is 3. The van der Waals surface area contributed by atoms with Gasteiger partial charge in [0.25, 0.3) is 11.7 Å². The number of nitro groups is 2. The number of ether oxygens (including phenoxy) is 6. The van der Waals surface area contributed by atoms with Crippen molar-refractivity contribution < 1.29 is 67.0 Å². The number of carbonyl (C=O) groups excluding carboxylic acids is 6. The number of esters is 6. The van der Waals surface area contributed by atoms with E-state index in [4.69, 9.17) is 28.4 Å². The summed E-state index contributed by atoms with van der Waals surface area (Å²) in [6, 6.07) is 9.89. The SMILES string of the molecule is CC(=O)OC[C@@H](OC(C)=O)[C@H](OC(C)=O)[C@H](OC(C)=O)[C@@H](OC(C)=O)C1C([N+](=O)[O-])[C@@]2(c3ccccc3)C(=O)O[C@]1(c1ccc([N+](=O)[O-])cc1)N2C. The van der Waals surface area contributed by atoms with Crippen molar-refractivity contribution in [3.63, 3.8) is 0 Å². The van der Waals surface area contributed by atoms with E-state index in [9.17, 15) is 49.0 Å². The number of hydrogen-bond donors (Lipinski definition) is 0. The molecule has 0 N–H and O–H groups in total. The molecule has 2 unspecified atom stereocenters. The van der Waals surface area contributed by atoms with Gasteiger partial charge in [0.05, 0.1) is 4.92 Å². The Morgan fingerprint density at radius 2 is 1.31 bits per heavy atom. The van der Waals surface area contributed by atoms with Gasteiger partial charge in [-0.2, -0.15) is 0 Å². The molecule has 8 atom stereocenters. The molecule has 2 aromatic rings. The van der Waals surface area contributed by atoms with Gasteiger partial charge in [0, 0.05) is 57.2 Å². The maximum Gasteiger partial charge on any atom is 0.340 e. The van der Waals surface area contributed by atoms with Gasteiger partial charge in [-0.3, -0.25) is 44.2 Å². The van der Waals surface area contributed by atoms with E-state index in [0.29, 0.717) is 0 Å². The Morgan fingerprint density at radius 3 is 1.79 bits per heavy atom. The van der Waals surface area contributed by atoms with Gasteiger partial charge in [-0.25, -0.2) is 9.69 Å². The van der Waals surface area contributed by atoms with Gasteiger partial charge >= 0.3 is 35.8 Å². The first-order valence-electron chi connectivity index (χ1n) is 15.6. The minimum Gasteiger partial charge on any atom is -0.462 e. The molecule has 2 saturated heterocycles. The van der Waals surface area contributed by atoms with Crippen molar-refractivity contribution in [3.05, 3.63) is 86.0 Å². The first-order chi connectivity index (χ1) is 24.4. The Hall–Kier alpha value is -5.98. The lowest BCUT2D eigenvalue weighted by Gasteiger charge is -2.43. The number of hydrogen-bond acceptors (Lipinski definition) is 17. The molecule has 19 nitrogen and oxygen atoms in total. The summed E-state index contributed by atoms with van der Waals surface area (Å²) >= 11 is 0. The smallest absolute Gasteiger partial charge is 0.340 e. The van der Waals surface area contributed by atoms with Crippen molar-refractivity contribution in [1.82, 2.24) is 4.90 Å². The standard InChI is InChI=1S/C33H35N3O16/c1-17(37)47-16-25(48-18(2)38)27(49-19(3)39)29(51-21(5)41)28(50-20(4)40)26-30(36(45)46)32(22-10-8-7-9-11-22)31(42)52-33(26,34(32)6)23-12-14-24(15-13-23)35(43)44/h7-15,25-30H,16H2,1-6H3/t25-,26?,27+,28+,29+,30?,32+,33+/m1/s1. The van der Waals surface area contributed by atoms with E-state index in [-0.39, 0.29) is 16.8 Å². The van der Waals surface area contributed by atoms with Crippen LogP contribution in [-0.4, -0.2) is 94.7 Å². The predicted molar refractivity (Wildman–Crippen MR) is 170 cm³/mol. The van der Waals surface area contributed by atoms with Crippen LogP contribution in [0.4, 0.5) is 5.69 Å². The lowest BCUT2D eigenvalue weighted by atomic mass is 9.72. The Morgan fingerprint density at radius 1 is 0.769 bits per heavy atom. The summed E-state index contributed by atoms with van der Waals surface area (Å²) in [7, 11) is 1.33. The van der Waals surface area contributed by atoms with Crippen molar-refractivity contribution in [3.8, 4) is 0 Å². The number of rotatable bonds is 14. The third-order valence-corrected chi connectivity index (χ3v) is 8.78. The quantitative estimate of drug-likeness (QED) is 0.116. The molecule has 2 fully saturated rings. The third kappa shape index (κ3) is 6.98. The predicted octanol–water partition coefficient (Wildman–Crippen LogP) is 1.70. The fraction of sp³-hybridized carbons (Fsp3) is 0.455. The number of likely N-dealkylation sites (N-methyl/N-ethyl adjacent to an activating group) is 1. The monoisotopic (exact) mass is 729 g/mol. The topological polar surface area (TPSA) is 247 Å². The van der Waals surface area contributed by atoms with E-state index in [2.05, 4.69) is 0 Å². The van der Waals surface area contributed by atoms with Crippen LogP contribution in [0, 0.1) is 26.1 Å². The molecule has 2 bridgehead atoms. The summed E-state index contributed by atoms with van der Waals surface area (Å²) in [6.07, 6.45) is -7.93. The second-order valence-electron chi connectivity index (χ2n) is 12.0. The van der Waals surface area contributed by atoms with Crippen LogP contribution < -0.4 is 0 Å². The molecule has 0 saturated carbocycles. The van der Waals surface area contributed by atoms with Gasteiger partial charge < -0.3 is 28.4 Å². The fourth-order valence-electron chi connectivity index (χ4n) is 7.10. The molecular formula is C33H35N3O16. The first kappa shape index (κ1) is 38.8. The van der Waals surface area contributed by atoms with Crippen molar-refractivity contribution in [2.45, 2.75) is 76.3 Å². The van der Waals surface area contributed by atoms with Crippen LogP contribution in [-0.2, 0) is 68.5 Å². The van der Waals surface area contributed by atoms with E-state index >= 15 is 0 Å². The average Bonchev–Trinajstić information content (AvgIpc) is 3.43. The number of non-ortho nitro benzene ring substituents is 1. The van der Waals surface area contributed by atoms with E-state index in [1.807, 2.05) is 0 Å². The molecule has 2 heterocycles. The lowest BCUT2D eigenvalue weighted by molar-refractivity contribution is -0.546. The van der Waals surface area contributed by atoms with E-state index in [0.717, 1.165) is 46.8 Å². The second kappa shape index (κ2) is 15.1. The van der Waals surface area contributed by atoms with Crippen LogP contribution >= 0.6 is 0 Å². The Bertz CT molecular complexity index is 1770. The Labute approximate surface area is 295 Å². The summed E-state index contributed by atoms with van der Waals surface area (Å²) in [5, 5.41) is 25.0. The molecule has 0 spiro atoms. The van der Waals surface area contributed by atoms with Crippen LogP contribution in [0.15, 0.2) is 54.6 Å².